The third-order valence-corrected chi connectivity index (χ3v) is 7.25. The molecule has 3 aromatic rings. The van der Waals surface area contributed by atoms with Crippen LogP contribution in [0.1, 0.15) is 24.8 Å². The van der Waals surface area contributed by atoms with Crippen molar-refractivity contribution < 1.29 is 27.4 Å². The molecule has 2 heterocycles. The Hall–Kier alpha value is -2.84. The molecule has 0 spiro atoms. The van der Waals surface area contributed by atoms with Crippen LogP contribution >= 0.6 is 0 Å². The van der Waals surface area contributed by atoms with Gasteiger partial charge in [0, 0.05) is 49.7 Å². The average molecular weight is 473 g/mol. The number of aromatic nitrogens is 1. The van der Waals surface area contributed by atoms with Gasteiger partial charge in [-0.1, -0.05) is 0 Å². The van der Waals surface area contributed by atoms with E-state index in [0.717, 1.165) is 18.1 Å². The number of ether oxygens (including phenoxy) is 2. The van der Waals surface area contributed by atoms with Crippen molar-refractivity contribution in [1.29, 1.82) is 0 Å². The Balaban J connectivity index is 1.31. The van der Waals surface area contributed by atoms with E-state index in [1.54, 1.807) is 19.2 Å². The molecular weight excluding hydrogens is 445 g/mol. The molecule has 1 unspecified atom stereocenters. The summed E-state index contributed by atoms with van der Waals surface area (Å²) in [7, 11) is 1.63. The van der Waals surface area contributed by atoms with Gasteiger partial charge in [0.15, 0.2) is 0 Å². The lowest BCUT2D eigenvalue weighted by molar-refractivity contribution is -0.130. The molecule has 2 N–H and O–H groups in total. The van der Waals surface area contributed by atoms with Crippen molar-refractivity contribution in [3.63, 3.8) is 0 Å². The Bertz CT molecular complexity index is 1200. The largest absolute Gasteiger partial charge is 0.378 e. The number of rotatable bonds is 7. The van der Waals surface area contributed by atoms with Gasteiger partial charge in [0.2, 0.25) is 5.91 Å². The van der Waals surface area contributed by atoms with Crippen molar-refractivity contribution in [2.75, 3.05) is 26.9 Å². The molecule has 1 amide bonds. The van der Waals surface area contributed by atoms with E-state index in [1.807, 2.05) is 0 Å². The van der Waals surface area contributed by atoms with E-state index in [2.05, 4.69) is 10.3 Å². The standard InChI is InChI=1S/C26H27F3N2O3/c1-33-26(6-7-34-14-26)13-30-25(32)17-8-15(9-17)10-20-21-11-19(28)12-22(29)24(21)31-23(20)16-2-4-18(27)5-3-16/h2-5,11-12,15,17,31H,6-10,13-14H2,1H3,(H,30,32). The van der Waals surface area contributed by atoms with Crippen LogP contribution in [0, 0.1) is 29.3 Å². The second-order valence-electron chi connectivity index (χ2n) is 9.44. The number of H-pyrrole nitrogens is 1. The number of benzene rings is 2. The molecule has 1 atom stereocenters. The van der Waals surface area contributed by atoms with Gasteiger partial charge in [-0.05, 0) is 66.6 Å². The molecule has 180 valence electrons. The van der Waals surface area contributed by atoms with Crippen LogP contribution in [0.15, 0.2) is 36.4 Å². The molecule has 2 aliphatic rings. The van der Waals surface area contributed by atoms with Crippen LogP contribution in [0.3, 0.4) is 0 Å². The third-order valence-electron chi connectivity index (χ3n) is 7.25. The van der Waals surface area contributed by atoms with Gasteiger partial charge in [-0.2, -0.15) is 0 Å². The maximum Gasteiger partial charge on any atom is 0.223 e. The summed E-state index contributed by atoms with van der Waals surface area (Å²) < 4.78 is 53.0. The molecule has 1 aliphatic heterocycles. The Morgan fingerprint density at radius 3 is 2.62 bits per heavy atom. The van der Waals surface area contributed by atoms with E-state index in [9.17, 15) is 18.0 Å². The highest BCUT2D eigenvalue weighted by molar-refractivity contribution is 5.91. The molecule has 1 saturated heterocycles. The zero-order valence-electron chi connectivity index (χ0n) is 18.9. The molecule has 2 fully saturated rings. The molecule has 5 nitrogen and oxygen atoms in total. The van der Waals surface area contributed by atoms with E-state index in [-0.39, 0.29) is 29.1 Å². The fraction of sp³-hybridized carbons (Fsp3) is 0.423. The Morgan fingerprint density at radius 2 is 1.94 bits per heavy atom. The smallest absolute Gasteiger partial charge is 0.223 e. The number of aromatic amines is 1. The molecule has 1 saturated carbocycles. The second-order valence-corrected chi connectivity index (χ2v) is 9.44. The quantitative estimate of drug-likeness (QED) is 0.522. The molecule has 5 rings (SSSR count). The molecule has 0 bridgehead atoms. The number of fused-ring (bicyclic) bond motifs is 1. The minimum Gasteiger partial charge on any atom is -0.378 e. The monoisotopic (exact) mass is 472 g/mol. The summed E-state index contributed by atoms with van der Waals surface area (Å²) >= 11 is 0. The van der Waals surface area contributed by atoms with Gasteiger partial charge in [-0.25, -0.2) is 13.2 Å². The number of hydrogen-bond acceptors (Lipinski definition) is 3. The lowest BCUT2D eigenvalue weighted by atomic mass is 9.71. The number of carbonyl (C=O) groups excluding carboxylic acids is 1. The lowest BCUT2D eigenvalue weighted by Crippen LogP contribution is -2.48. The first-order valence-electron chi connectivity index (χ1n) is 11.5. The number of carbonyl (C=O) groups is 1. The fourth-order valence-corrected chi connectivity index (χ4v) is 5.11. The minimum absolute atomic E-state index is 0.00523. The van der Waals surface area contributed by atoms with Gasteiger partial charge in [-0.3, -0.25) is 4.79 Å². The van der Waals surface area contributed by atoms with Gasteiger partial charge in [0.1, 0.15) is 23.1 Å². The normalized spacial score (nSPS) is 24.4. The number of hydrogen-bond donors (Lipinski definition) is 2. The number of halogens is 3. The SMILES string of the molecule is COC1(CNC(=O)C2CC(Cc3c(-c4ccc(F)cc4)[nH]c4c(F)cc(F)cc34)C2)CCOC1. The van der Waals surface area contributed by atoms with Crippen molar-refractivity contribution in [3.05, 3.63) is 59.4 Å². The first kappa shape index (κ1) is 22.9. The summed E-state index contributed by atoms with van der Waals surface area (Å²) in [5.41, 5.74) is 1.90. The molecule has 2 aromatic carbocycles. The van der Waals surface area contributed by atoms with E-state index < -0.39 is 17.2 Å². The van der Waals surface area contributed by atoms with Gasteiger partial charge >= 0.3 is 0 Å². The van der Waals surface area contributed by atoms with E-state index in [1.165, 1.54) is 18.2 Å². The molecule has 34 heavy (non-hydrogen) atoms. The van der Waals surface area contributed by atoms with Crippen LogP contribution in [0.25, 0.3) is 22.2 Å². The predicted molar refractivity (Wildman–Crippen MR) is 122 cm³/mol. The molecule has 1 aromatic heterocycles. The zero-order chi connectivity index (χ0) is 23.9. The second kappa shape index (κ2) is 9.07. The summed E-state index contributed by atoms with van der Waals surface area (Å²) in [5.74, 6) is -1.59. The molecule has 1 aliphatic carbocycles. The number of amides is 1. The van der Waals surface area contributed by atoms with Gasteiger partial charge < -0.3 is 19.8 Å². The highest BCUT2D eigenvalue weighted by Gasteiger charge is 2.39. The van der Waals surface area contributed by atoms with Crippen LogP contribution < -0.4 is 5.32 Å². The van der Waals surface area contributed by atoms with Gasteiger partial charge in [0.05, 0.1) is 12.1 Å². The summed E-state index contributed by atoms with van der Waals surface area (Å²) in [6.45, 7) is 1.51. The maximum atomic E-state index is 14.5. The predicted octanol–water partition coefficient (Wildman–Crippen LogP) is 4.74. The van der Waals surface area contributed by atoms with Crippen LogP contribution in [0.4, 0.5) is 13.2 Å². The lowest BCUT2D eigenvalue weighted by Gasteiger charge is -2.35. The number of methoxy groups -OCH3 is 1. The highest BCUT2D eigenvalue weighted by atomic mass is 19.1. The summed E-state index contributed by atoms with van der Waals surface area (Å²) in [6.07, 6.45) is 2.69. The van der Waals surface area contributed by atoms with Gasteiger partial charge in [-0.15, -0.1) is 0 Å². The van der Waals surface area contributed by atoms with Crippen LogP contribution in [0.5, 0.6) is 0 Å². The van der Waals surface area contributed by atoms with Crippen LogP contribution in [-0.2, 0) is 20.7 Å². The van der Waals surface area contributed by atoms with E-state index in [0.29, 0.717) is 55.7 Å². The summed E-state index contributed by atoms with van der Waals surface area (Å²) in [5, 5.41) is 3.48. The Morgan fingerprint density at radius 1 is 1.18 bits per heavy atom. The molecule has 8 heteroatoms. The molecular formula is C26H27F3N2O3. The maximum absolute atomic E-state index is 14.5. The van der Waals surface area contributed by atoms with Crippen molar-refractivity contribution in [2.24, 2.45) is 11.8 Å². The third kappa shape index (κ3) is 4.32. The van der Waals surface area contributed by atoms with E-state index >= 15 is 0 Å². The summed E-state index contributed by atoms with van der Waals surface area (Å²) in [4.78, 5) is 15.7. The first-order chi connectivity index (χ1) is 16.4. The van der Waals surface area contributed by atoms with Crippen molar-refractivity contribution >= 4 is 16.8 Å². The molecule has 0 radical (unpaired) electrons. The Kier molecular flexibility index (Phi) is 6.12. The fourth-order valence-electron chi connectivity index (χ4n) is 5.11. The number of nitrogens with one attached hydrogen (secondary N) is 2. The van der Waals surface area contributed by atoms with E-state index in [4.69, 9.17) is 9.47 Å². The van der Waals surface area contributed by atoms with Crippen molar-refractivity contribution in [3.8, 4) is 11.3 Å². The summed E-state index contributed by atoms with van der Waals surface area (Å²) in [6, 6.07) is 8.10. The van der Waals surface area contributed by atoms with Crippen LogP contribution in [-0.4, -0.2) is 43.4 Å². The highest BCUT2D eigenvalue weighted by Crippen LogP contribution is 2.41. The topological polar surface area (TPSA) is 63.3 Å². The van der Waals surface area contributed by atoms with Gasteiger partial charge in [0.25, 0.3) is 0 Å². The average Bonchev–Trinajstić information content (AvgIpc) is 3.41. The van der Waals surface area contributed by atoms with Crippen molar-refractivity contribution in [2.45, 2.75) is 31.3 Å². The van der Waals surface area contributed by atoms with Crippen molar-refractivity contribution in [1.82, 2.24) is 10.3 Å². The first-order valence-corrected chi connectivity index (χ1v) is 11.5. The van der Waals surface area contributed by atoms with Crippen LogP contribution in [0.2, 0.25) is 0 Å². The minimum atomic E-state index is -0.668. The zero-order valence-corrected chi connectivity index (χ0v) is 18.9. The Labute approximate surface area is 195 Å².